The molecule has 1 unspecified atom stereocenters. The van der Waals surface area contributed by atoms with E-state index < -0.39 is 9.84 Å². The summed E-state index contributed by atoms with van der Waals surface area (Å²) in [7, 11) is -3.21. The molecular formula is C16H27ClN2O4S. The van der Waals surface area contributed by atoms with Crippen molar-refractivity contribution in [3.05, 3.63) is 24.3 Å². The summed E-state index contributed by atoms with van der Waals surface area (Å²) in [5.74, 6) is 0.441. The van der Waals surface area contributed by atoms with Crippen LogP contribution in [-0.4, -0.2) is 39.8 Å². The average Bonchev–Trinajstić information content (AvgIpc) is 2.51. The van der Waals surface area contributed by atoms with E-state index in [0.29, 0.717) is 12.3 Å². The summed E-state index contributed by atoms with van der Waals surface area (Å²) in [5.41, 5.74) is 5.64. The Morgan fingerprint density at radius 1 is 1.29 bits per heavy atom. The summed E-state index contributed by atoms with van der Waals surface area (Å²) in [6.45, 7) is 2.76. The van der Waals surface area contributed by atoms with E-state index in [4.69, 9.17) is 10.5 Å². The second kappa shape index (κ2) is 11.3. The van der Waals surface area contributed by atoms with Gasteiger partial charge in [-0.3, -0.25) is 4.79 Å². The standard InChI is InChI=1S/C16H26N2O4S.ClH/c1-3-4-5-13(12-17)18-16(19)10-11-22-14-6-8-15(9-7-14)23(2,20)21;/h6-9,13H,3-5,10-12,17H2,1-2H3,(H,18,19);1H. The molecule has 24 heavy (non-hydrogen) atoms. The molecule has 8 heteroatoms. The van der Waals surface area contributed by atoms with Gasteiger partial charge in [-0.25, -0.2) is 8.42 Å². The summed E-state index contributed by atoms with van der Waals surface area (Å²) in [4.78, 5) is 12.1. The van der Waals surface area contributed by atoms with E-state index in [-0.39, 0.29) is 42.3 Å². The van der Waals surface area contributed by atoms with Crippen LogP contribution in [-0.2, 0) is 14.6 Å². The Labute approximate surface area is 150 Å². The van der Waals surface area contributed by atoms with Gasteiger partial charge in [0, 0.05) is 18.8 Å². The SMILES string of the molecule is CCCCC(CN)NC(=O)CCOc1ccc(S(C)(=O)=O)cc1.Cl. The Kier molecular flexibility index (Phi) is 10.7. The number of carbonyl (C=O) groups excluding carboxylic acids is 1. The highest BCUT2D eigenvalue weighted by atomic mass is 35.5. The van der Waals surface area contributed by atoms with Gasteiger partial charge in [0.15, 0.2) is 9.84 Å². The first-order chi connectivity index (χ1) is 10.9. The lowest BCUT2D eigenvalue weighted by atomic mass is 10.1. The monoisotopic (exact) mass is 378 g/mol. The number of halogens is 1. The maximum atomic E-state index is 11.8. The van der Waals surface area contributed by atoms with E-state index in [0.717, 1.165) is 25.5 Å². The predicted octanol–water partition coefficient (Wildman–Crippen LogP) is 1.91. The molecule has 0 radical (unpaired) electrons. The van der Waals surface area contributed by atoms with Crippen molar-refractivity contribution in [2.24, 2.45) is 5.73 Å². The summed E-state index contributed by atoms with van der Waals surface area (Å²) >= 11 is 0. The first-order valence-electron chi connectivity index (χ1n) is 7.79. The van der Waals surface area contributed by atoms with Crippen LogP contribution in [0.3, 0.4) is 0 Å². The van der Waals surface area contributed by atoms with Gasteiger partial charge in [-0.15, -0.1) is 12.4 Å². The number of ether oxygens (including phenoxy) is 1. The summed E-state index contributed by atoms with van der Waals surface area (Å²) in [5, 5.41) is 2.89. The molecule has 6 nitrogen and oxygen atoms in total. The van der Waals surface area contributed by atoms with Crippen molar-refractivity contribution in [3.63, 3.8) is 0 Å². The minimum absolute atomic E-state index is 0. The molecule has 3 N–H and O–H groups in total. The van der Waals surface area contributed by atoms with Crippen LogP contribution in [0.25, 0.3) is 0 Å². The largest absolute Gasteiger partial charge is 0.493 e. The summed E-state index contributed by atoms with van der Waals surface area (Å²) < 4.78 is 28.2. The maximum Gasteiger partial charge on any atom is 0.223 e. The van der Waals surface area contributed by atoms with E-state index in [2.05, 4.69) is 12.2 Å². The number of rotatable bonds is 10. The third kappa shape index (κ3) is 8.52. The van der Waals surface area contributed by atoms with Crippen LogP contribution in [0.4, 0.5) is 0 Å². The second-order valence-corrected chi connectivity index (χ2v) is 7.50. The zero-order chi connectivity index (χ0) is 17.3. The maximum absolute atomic E-state index is 11.8. The predicted molar refractivity (Wildman–Crippen MR) is 97.4 cm³/mol. The highest BCUT2D eigenvalue weighted by Gasteiger charge is 2.10. The van der Waals surface area contributed by atoms with Gasteiger partial charge in [0.2, 0.25) is 5.91 Å². The fourth-order valence-electron chi connectivity index (χ4n) is 2.04. The van der Waals surface area contributed by atoms with Crippen molar-refractivity contribution in [2.45, 2.75) is 43.5 Å². The van der Waals surface area contributed by atoms with Gasteiger partial charge in [-0.2, -0.15) is 0 Å². The third-order valence-corrected chi connectivity index (χ3v) is 4.53. The summed E-state index contributed by atoms with van der Waals surface area (Å²) in [6.07, 6.45) is 4.37. The van der Waals surface area contributed by atoms with Crippen molar-refractivity contribution in [3.8, 4) is 5.75 Å². The molecule has 0 aromatic heterocycles. The highest BCUT2D eigenvalue weighted by Crippen LogP contribution is 2.15. The van der Waals surface area contributed by atoms with Crippen LogP contribution in [0.1, 0.15) is 32.6 Å². The number of carbonyl (C=O) groups is 1. The lowest BCUT2D eigenvalue weighted by Crippen LogP contribution is -2.40. The van der Waals surface area contributed by atoms with Gasteiger partial charge < -0.3 is 15.8 Å². The van der Waals surface area contributed by atoms with E-state index in [1.165, 1.54) is 12.1 Å². The van der Waals surface area contributed by atoms with Gasteiger partial charge in [0.25, 0.3) is 0 Å². The fourth-order valence-corrected chi connectivity index (χ4v) is 2.67. The quantitative estimate of drug-likeness (QED) is 0.648. The molecule has 0 bridgehead atoms. The van der Waals surface area contributed by atoms with Gasteiger partial charge in [0.1, 0.15) is 5.75 Å². The zero-order valence-electron chi connectivity index (χ0n) is 14.2. The number of amides is 1. The van der Waals surface area contributed by atoms with Crippen LogP contribution in [0.15, 0.2) is 29.2 Å². The molecule has 0 aliphatic carbocycles. The van der Waals surface area contributed by atoms with E-state index in [1.807, 2.05) is 0 Å². The number of hydrogen-bond donors (Lipinski definition) is 2. The van der Waals surface area contributed by atoms with E-state index in [9.17, 15) is 13.2 Å². The van der Waals surface area contributed by atoms with E-state index in [1.54, 1.807) is 12.1 Å². The first kappa shape index (κ1) is 22.7. The number of unbranched alkanes of at least 4 members (excludes halogenated alkanes) is 1. The molecule has 0 aliphatic heterocycles. The highest BCUT2D eigenvalue weighted by molar-refractivity contribution is 7.90. The first-order valence-corrected chi connectivity index (χ1v) is 9.68. The molecule has 138 valence electrons. The Hall–Kier alpha value is -1.31. The van der Waals surface area contributed by atoms with Crippen molar-refractivity contribution in [1.29, 1.82) is 0 Å². The van der Waals surface area contributed by atoms with Gasteiger partial charge in [-0.1, -0.05) is 19.8 Å². The molecule has 0 saturated heterocycles. The van der Waals surface area contributed by atoms with Crippen molar-refractivity contribution >= 4 is 28.2 Å². The number of nitrogens with two attached hydrogens (primary N) is 1. The lowest BCUT2D eigenvalue weighted by molar-refractivity contribution is -0.122. The zero-order valence-corrected chi connectivity index (χ0v) is 15.8. The molecule has 0 spiro atoms. The topological polar surface area (TPSA) is 98.5 Å². The lowest BCUT2D eigenvalue weighted by Gasteiger charge is -2.16. The summed E-state index contributed by atoms with van der Waals surface area (Å²) in [6, 6.07) is 6.15. The van der Waals surface area contributed by atoms with Gasteiger partial charge in [0.05, 0.1) is 17.9 Å². The van der Waals surface area contributed by atoms with Gasteiger partial charge in [-0.05, 0) is 30.7 Å². The normalized spacial score (nSPS) is 12.1. The minimum atomic E-state index is -3.21. The molecule has 1 aromatic carbocycles. The van der Waals surface area contributed by atoms with Crippen LogP contribution in [0.5, 0.6) is 5.75 Å². The Morgan fingerprint density at radius 3 is 2.42 bits per heavy atom. The van der Waals surface area contributed by atoms with Crippen molar-refractivity contribution in [1.82, 2.24) is 5.32 Å². The number of hydrogen-bond acceptors (Lipinski definition) is 5. The second-order valence-electron chi connectivity index (χ2n) is 5.48. The average molecular weight is 379 g/mol. The van der Waals surface area contributed by atoms with Gasteiger partial charge >= 0.3 is 0 Å². The number of benzene rings is 1. The smallest absolute Gasteiger partial charge is 0.223 e. The Morgan fingerprint density at radius 2 is 1.92 bits per heavy atom. The molecule has 0 fully saturated rings. The van der Waals surface area contributed by atoms with Crippen LogP contribution >= 0.6 is 12.4 Å². The Bertz CT molecular complexity index is 591. The molecule has 1 atom stereocenters. The molecule has 1 amide bonds. The number of sulfone groups is 1. The molecule has 0 aliphatic rings. The molecule has 0 saturated carbocycles. The van der Waals surface area contributed by atoms with Crippen LogP contribution < -0.4 is 15.8 Å². The molecule has 0 heterocycles. The molecular weight excluding hydrogens is 352 g/mol. The minimum Gasteiger partial charge on any atom is -0.493 e. The van der Waals surface area contributed by atoms with Crippen LogP contribution in [0, 0.1) is 0 Å². The number of nitrogens with one attached hydrogen (secondary N) is 1. The third-order valence-electron chi connectivity index (χ3n) is 3.41. The Balaban J connectivity index is 0.00000529. The van der Waals surface area contributed by atoms with Crippen LogP contribution in [0.2, 0.25) is 0 Å². The fraction of sp³-hybridized carbons (Fsp3) is 0.562. The van der Waals surface area contributed by atoms with Crippen molar-refractivity contribution < 1.29 is 17.9 Å². The molecule has 1 rings (SSSR count). The molecule has 1 aromatic rings. The van der Waals surface area contributed by atoms with Crippen molar-refractivity contribution in [2.75, 3.05) is 19.4 Å². The van der Waals surface area contributed by atoms with E-state index >= 15 is 0 Å².